The predicted octanol–water partition coefficient (Wildman–Crippen LogP) is 2.73. The Balaban J connectivity index is 2.80. The molecular formula is C15H20N2O6. The fourth-order valence-electron chi connectivity index (χ4n) is 1.82. The Morgan fingerprint density at radius 1 is 1.30 bits per heavy atom. The Labute approximate surface area is 133 Å². The van der Waals surface area contributed by atoms with Crippen LogP contribution in [0.2, 0.25) is 0 Å². The van der Waals surface area contributed by atoms with E-state index in [1.165, 1.54) is 31.4 Å². The topological polar surface area (TPSA) is 108 Å². The highest BCUT2D eigenvalue weighted by Crippen LogP contribution is 2.21. The monoisotopic (exact) mass is 324 g/mol. The van der Waals surface area contributed by atoms with E-state index in [-0.39, 0.29) is 18.7 Å². The molecule has 1 aromatic rings. The SMILES string of the molecule is CCCCOC(=O)NC(CC(=O)OC)c1ccc([N+](=O)[O-])cc1. The number of hydrogen-bond acceptors (Lipinski definition) is 6. The molecule has 0 aliphatic rings. The van der Waals surface area contributed by atoms with Crippen molar-refractivity contribution in [3.63, 3.8) is 0 Å². The molecule has 1 unspecified atom stereocenters. The van der Waals surface area contributed by atoms with Crippen LogP contribution in [0.4, 0.5) is 10.5 Å². The molecule has 8 heteroatoms. The van der Waals surface area contributed by atoms with E-state index in [0.717, 1.165) is 12.8 Å². The third-order valence-corrected chi connectivity index (χ3v) is 3.13. The summed E-state index contributed by atoms with van der Waals surface area (Å²) in [5, 5.41) is 13.2. The fourth-order valence-corrected chi connectivity index (χ4v) is 1.82. The van der Waals surface area contributed by atoms with Crippen LogP contribution in [-0.4, -0.2) is 30.7 Å². The maximum atomic E-state index is 11.8. The van der Waals surface area contributed by atoms with Gasteiger partial charge < -0.3 is 14.8 Å². The zero-order valence-electron chi connectivity index (χ0n) is 13.1. The van der Waals surface area contributed by atoms with Crippen LogP contribution < -0.4 is 5.32 Å². The first-order valence-electron chi connectivity index (χ1n) is 7.22. The van der Waals surface area contributed by atoms with Crippen molar-refractivity contribution in [3.05, 3.63) is 39.9 Å². The van der Waals surface area contributed by atoms with Gasteiger partial charge in [0.05, 0.1) is 31.1 Å². The van der Waals surface area contributed by atoms with Crippen molar-refractivity contribution in [1.82, 2.24) is 5.32 Å². The minimum atomic E-state index is -0.683. The summed E-state index contributed by atoms with van der Waals surface area (Å²) in [5.74, 6) is -0.512. The Hall–Kier alpha value is -2.64. The quantitative estimate of drug-likeness (QED) is 0.341. The summed E-state index contributed by atoms with van der Waals surface area (Å²) in [6.45, 7) is 2.26. The molecule has 0 spiro atoms. The Morgan fingerprint density at radius 3 is 2.48 bits per heavy atom. The van der Waals surface area contributed by atoms with Crippen molar-refractivity contribution in [2.45, 2.75) is 32.2 Å². The molecule has 1 aromatic carbocycles. The average Bonchev–Trinajstić information content (AvgIpc) is 2.54. The highest BCUT2D eigenvalue weighted by Gasteiger charge is 2.20. The number of hydrogen-bond donors (Lipinski definition) is 1. The second kappa shape index (κ2) is 9.39. The standard InChI is InChI=1S/C15H20N2O6/c1-3-4-9-23-15(19)16-13(10-14(18)22-2)11-5-7-12(8-6-11)17(20)21/h5-8,13H,3-4,9-10H2,1-2H3,(H,16,19). The first kappa shape index (κ1) is 18.4. The van der Waals surface area contributed by atoms with Crippen LogP contribution in [-0.2, 0) is 14.3 Å². The van der Waals surface area contributed by atoms with E-state index < -0.39 is 23.0 Å². The summed E-state index contributed by atoms with van der Waals surface area (Å²) in [4.78, 5) is 33.4. The zero-order valence-corrected chi connectivity index (χ0v) is 13.1. The van der Waals surface area contributed by atoms with Gasteiger partial charge in [-0.1, -0.05) is 25.5 Å². The summed E-state index contributed by atoms with van der Waals surface area (Å²) < 4.78 is 9.61. The summed E-state index contributed by atoms with van der Waals surface area (Å²) >= 11 is 0. The van der Waals surface area contributed by atoms with Crippen molar-refractivity contribution in [2.75, 3.05) is 13.7 Å². The van der Waals surface area contributed by atoms with Crippen LogP contribution in [0.25, 0.3) is 0 Å². The van der Waals surface area contributed by atoms with E-state index in [4.69, 9.17) is 4.74 Å². The van der Waals surface area contributed by atoms with E-state index in [9.17, 15) is 19.7 Å². The van der Waals surface area contributed by atoms with Crippen molar-refractivity contribution < 1.29 is 24.0 Å². The lowest BCUT2D eigenvalue weighted by molar-refractivity contribution is -0.384. The van der Waals surface area contributed by atoms with Gasteiger partial charge >= 0.3 is 12.1 Å². The van der Waals surface area contributed by atoms with Gasteiger partial charge in [0.25, 0.3) is 5.69 Å². The minimum Gasteiger partial charge on any atom is -0.469 e. The summed E-state index contributed by atoms with van der Waals surface area (Å²) in [6, 6.07) is 4.90. The number of non-ortho nitro benzene ring substituents is 1. The molecule has 0 aromatic heterocycles. The molecule has 0 aliphatic heterocycles. The molecule has 0 aliphatic carbocycles. The molecule has 1 N–H and O–H groups in total. The molecule has 1 atom stereocenters. The van der Waals surface area contributed by atoms with Crippen LogP contribution in [0.5, 0.6) is 0 Å². The van der Waals surface area contributed by atoms with Gasteiger partial charge in [0.1, 0.15) is 0 Å². The van der Waals surface area contributed by atoms with Crippen LogP contribution in [0.15, 0.2) is 24.3 Å². The van der Waals surface area contributed by atoms with Crippen LogP contribution >= 0.6 is 0 Å². The van der Waals surface area contributed by atoms with Gasteiger partial charge in [-0.25, -0.2) is 4.79 Å². The van der Waals surface area contributed by atoms with Gasteiger partial charge in [-0.15, -0.1) is 0 Å². The number of nitro groups is 1. The lowest BCUT2D eigenvalue weighted by Crippen LogP contribution is -2.31. The molecule has 23 heavy (non-hydrogen) atoms. The van der Waals surface area contributed by atoms with Crippen LogP contribution in [0.1, 0.15) is 37.8 Å². The predicted molar refractivity (Wildman–Crippen MR) is 81.9 cm³/mol. The van der Waals surface area contributed by atoms with Crippen molar-refractivity contribution >= 4 is 17.7 Å². The normalized spacial score (nSPS) is 11.4. The molecular weight excluding hydrogens is 304 g/mol. The average molecular weight is 324 g/mol. The third-order valence-electron chi connectivity index (χ3n) is 3.13. The summed E-state index contributed by atoms with van der Waals surface area (Å²) in [7, 11) is 1.24. The number of alkyl carbamates (subject to hydrolysis) is 1. The second-order valence-electron chi connectivity index (χ2n) is 4.82. The number of unbranched alkanes of at least 4 members (excludes halogenated alkanes) is 1. The lowest BCUT2D eigenvalue weighted by atomic mass is 10.0. The molecule has 0 bridgehead atoms. The highest BCUT2D eigenvalue weighted by atomic mass is 16.6. The van der Waals surface area contributed by atoms with Gasteiger partial charge in [-0.3, -0.25) is 14.9 Å². The minimum absolute atomic E-state index is 0.0731. The Morgan fingerprint density at radius 2 is 1.96 bits per heavy atom. The van der Waals surface area contributed by atoms with Gasteiger partial charge in [-0.2, -0.15) is 0 Å². The van der Waals surface area contributed by atoms with Crippen LogP contribution in [0, 0.1) is 10.1 Å². The largest absolute Gasteiger partial charge is 0.469 e. The number of nitro benzene ring substituents is 1. The van der Waals surface area contributed by atoms with E-state index in [0.29, 0.717) is 5.56 Å². The fraction of sp³-hybridized carbons (Fsp3) is 0.467. The van der Waals surface area contributed by atoms with Crippen molar-refractivity contribution in [2.24, 2.45) is 0 Å². The molecule has 1 amide bonds. The van der Waals surface area contributed by atoms with E-state index in [1.807, 2.05) is 6.92 Å². The molecule has 0 fully saturated rings. The summed E-state index contributed by atoms with van der Waals surface area (Å²) in [5.41, 5.74) is 0.476. The molecule has 0 heterocycles. The lowest BCUT2D eigenvalue weighted by Gasteiger charge is -2.18. The molecule has 0 radical (unpaired) electrons. The number of ether oxygens (including phenoxy) is 2. The first-order chi connectivity index (χ1) is 11.0. The number of carbonyl (C=O) groups excluding carboxylic acids is 2. The molecule has 0 saturated carbocycles. The zero-order chi connectivity index (χ0) is 17.2. The number of amides is 1. The van der Waals surface area contributed by atoms with Gasteiger partial charge in [0, 0.05) is 12.1 Å². The highest BCUT2D eigenvalue weighted by molar-refractivity contribution is 5.73. The van der Waals surface area contributed by atoms with Gasteiger partial charge in [0.15, 0.2) is 0 Å². The number of benzene rings is 1. The van der Waals surface area contributed by atoms with E-state index >= 15 is 0 Å². The number of esters is 1. The number of carbonyl (C=O) groups is 2. The maximum absolute atomic E-state index is 11.8. The molecule has 126 valence electrons. The Bertz CT molecular complexity index is 543. The van der Waals surface area contributed by atoms with Crippen LogP contribution in [0.3, 0.4) is 0 Å². The number of rotatable bonds is 8. The maximum Gasteiger partial charge on any atom is 0.407 e. The van der Waals surface area contributed by atoms with E-state index in [2.05, 4.69) is 10.1 Å². The van der Waals surface area contributed by atoms with Crippen molar-refractivity contribution in [1.29, 1.82) is 0 Å². The smallest absolute Gasteiger partial charge is 0.407 e. The summed E-state index contributed by atoms with van der Waals surface area (Å²) in [6.07, 6.45) is 0.885. The first-order valence-corrected chi connectivity index (χ1v) is 7.22. The molecule has 0 saturated heterocycles. The number of nitrogens with one attached hydrogen (secondary N) is 1. The molecule has 8 nitrogen and oxygen atoms in total. The second-order valence-corrected chi connectivity index (χ2v) is 4.82. The third kappa shape index (κ3) is 6.33. The van der Waals surface area contributed by atoms with Crippen molar-refractivity contribution in [3.8, 4) is 0 Å². The Kier molecular flexibility index (Phi) is 7.52. The van der Waals surface area contributed by atoms with Gasteiger partial charge in [-0.05, 0) is 12.0 Å². The van der Waals surface area contributed by atoms with Gasteiger partial charge in [0.2, 0.25) is 0 Å². The number of methoxy groups -OCH3 is 1. The number of nitrogens with zero attached hydrogens (tertiary/aromatic N) is 1. The van der Waals surface area contributed by atoms with E-state index in [1.54, 1.807) is 0 Å². The molecule has 1 rings (SSSR count).